The van der Waals surface area contributed by atoms with Crippen LogP contribution in [0.3, 0.4) is 0 Å². The SMILES string of the molecule is COc1c(C)cc(Br)c(C)c1C1(C(=O)O)CC1. The fraction of sp³-hybridized carbons (Fsp3) is 0.462. The molecule has 0 spiro atoms. The molecular formula is C13H15BrO3. The molecule has 1 fully saturated rings. The Labute approximate surface area is 109 Å². The molecule has 1 aromatic carbocycles. The largest absolute Gasteiger partial charge is 0.496 e. The van der Waals surface area contributed by atoms with Gasteiger partial charge in [0.05, 0.1) is 12.5 Å². The minimum atomic E-state index is -0.753. The second-order valence-corrected chi connectivity index (χ2v) is 5.45. The van der Waals surface area contributed by atoms with Gasteiger partial charge in [0.25, 0.3) is 0 Å². The number of hydrogen-bond donors (Lipinski definition) is 1. The van der Waals surface area contributed by atoms with E-state index in [1.165, 1.54) is 0 Å². The number of hydrogen-bond acceptors (Lipinski definition) is 2. The monoisotopic (exact) mass is 298 g/mol. The molecule has 1 saturated carbocycles. The summed E-state index contributed by atoms with van der Waals surface area (Å²) in [6, 6.07) is 1.97. The second-order valence-electron chi connectivity index (χ2n) is 4.60. The Bertz CT molecular complexity index is 490. The summed E-state index contributed by atoms with van der Waals surface area (Å²) >= 11 is 3.48. The Balaban J connectivity index is 2.71. The third-order valence-electron chi connectivity index (χ3n) is 3.50. The first kappa shape index (κ1) is 12.4. The van der Waals surface area contributed by atoms with E-state index >= 15 is 0 Å². The number of benzene rings is 1. The quantitative estimate of drug-likeness (QED) is 0.932. The minimum Gasteiger partial charge on any atom is -0.496 e. The van der Waals surface area contributed by atoms with E-state index in [-0.39, 0.29) is 0 Å². The zero-order chi connectivity index (χ0) is 12.8. The van der Waals surface area contributed by atoms with Gasteiger partial charge in [-0.05, 0) is 43.9 Å². The van der Waals surface area contributed by atoms with E-state index in [9.17, 15) is 9.90 Å². The summed E-state index contributed by atoms with van der Waals surface area (Å²) in [6.07, 6.45) is 1.38. The van der Waals surface area contributed by atoms with E-state index in [1.807, 2.05) is 19.9 Å². The summed E-state index contributed by atoms with van der Waals surface area (Å²) in [6.45, 7) is 3.87. The summed E-state index contributed by atoms with van der Waals surface area (Å²) in [7, 11) is 1.59. The van der Waals surface area contributed by atoms with Crippen LogP contribution < -0.4 is 4.74 Å². The highest BCUT2D eigenvalue weighted by molar-refractivity contribution is 9.10. The predicted octanol–water partition coefficient (Wildman–Crippen LogP) is 3.19. The number of ether oxygens (including phenoxy) is 1. The normalized spacial score (nSPS) is 16.7. The second kappa shape index (κ2) is 4.02. The van der Waals surface area contributed by atoms with E-state index in [1.54, 1.807) is 7.11 Å². The van der Waals surface area contributed by atoms with Crippen LogP contribution >= 0.6 is 15.9 Å². The molecule has 0 aromatic heterocycles. The molecule has 0 heterocycles. The van der Waals surface area contributed by atoms with Gasteiger partial charge in [0.2, 0.25) is 0 Å². The molecule has 1 aliphatic carbocycles. The van der Waals surface area contributed by atoms with Gasteiger partial charge < -0.3 is 9.84 Å². The molecule has 1 aromatic rings. The summed E-state index contributed by atoms with van der Waals surface area (Å²) in [5.41, 5.74) is 2.03. The highest BCUT2D eigenvalue weighted by atomic mass is 79.9. The standard InChI is InChI=1S/C13H15BrO3/c1-7-6-9(14)8(2)10(11(7)17-3)13(4-5-13)12(15)16/h6H,4-5H2,1-3H3,(H,15,16). The minimum absolute atomic E-state index is 0.690. The van der Waals surface area contributed by atoms with Crippen LogP contribution in [0.1, 0.15) is 29.5 Å². The first-order valence-corrected chi connectivity index (χ1v) is 6.31. The first-order chi connectivity index (χ1) is 7.94. The fourth-order valence-electron chi connectivity index (χ4n) is 2.39. The molecule has 0 amide bonds. The maximum absolute atomic E-state index is 11.5. The Morgan fingerprint density at radius 1 is 1.47 bits per heavy atom. The summed E-state index contributed by atoms with van der Waals surface area (Å²) in [5.74, 6) is -0.0398. The summed E-state index contributed by atoms with van der Waals surface area (Å²) in [4.78, 5) is 11.5. The summed E-state index contributed by atoms with van der Waals surface area (Å²) in [5, 5.41) is 9.41. The molecule has 17 heavy (non-hydrogen) atoms. The van der Waals surface area contributed by atoms with Crippen molar-refractivity contribution in [3.05, 3.63) is 27.2 Å². The summed E-state index contributed by atoms with van der Waals surface area (Å²) < 4.78 is 6.35. The number of aliphatic carboxylic acids is 1. The Morgan fingerprint density at radius 2 is 2.06 bits per heavy atom. The molecule has 0 atom stereocenters. The van der Waals surface area contributed by atoms with Crippen molar-refractivity contribution in [1.82, 2.24) is 0 Å². The van der Waals surface area contributed by atoms with E-state index in [4.69, 9.17) is 4.74 Å². The van der Waals surface area contributed by atoms with Crippen molar-refractivity contribution >= 4 is 21.9 Å². The molecule has 0 saturated heterocycles. The van der Waals surface area contributed by atoms with Crippen LogP contribution in [0.25, 0.3) is 0 Å². The molecule has 92 valence electrons. The average Bonchev–Trinajstić information content (AvgIpc) is 3.04. The van der Waals surface area contributed by atoms with Crippen molar-refractivity contribution in [3.8, 4) is 5.75 Å². The zero-order valence-electron chi connectivity index (χ0n) is 10.1. The number of methoxy groups -OCH3 is 1. The van der Waals surface area contributed by atoms with E-state index in [0.29, 0.717) is 18.6 Å². The highest BCUT2D eigenvalue weighted by Crippen LogP contribution is 2.54. The number of halogens is 1. The van der Waals surface area contributed by atoms with E-state index in [0.717, 1.165) is 21.2 Å². The van der Waals surface area contributed by atoms with Gasteiger partial charge in [0.15, 0.2) is 0 Å². The van der Waals surface area contributed by atoms with Gasteiger partial charge >= 0.3 is 5.97 Å². The lowest BCUT2D eigenvalue weighted by atomic mass is 9.89. The average molecular weight is 299 g/mol. The van der Waals surface area contributed by atoms with Gasteiger partial charge in [-0.15, -0.1) is 0 Å². The van der Waals surface area contributed by atoms with Crippen LogP contribution in [0.4, 0.5) is 0 Å². The van der Waals surface area contributed by atoms with Crippen molar-refractivity contribution in [3.63, 3.8) is 0 Å². The molecular weight excluding hydrogens is 284 g/mol. The Morgan fingerprint density at radius 3 is 2.47 bits per heavy atom. The molecule has 0 unspecified atom stereocenters. The lowest BCUT2D eigenvalue weighted by Gasteiger charge is -2.20. The van der Waals surface area contributed by atoms with Crippen LogP contribution in [0.5, 0.6) is 5.75 Å². The number of carbonyl (C=O) groups is 1. The first-order valence-electron chi connectivity index (χ1n) is 5.51. The van der Waals surface area contributed by atoms with Crippen molar-refractivity contribution < 1.29 is 14.6 Å². The van der Waals surface area contributed by atoms with Crippen molar-refractivity contribution in [2.45, 2.75) is 32.1 Å². The molecule has 1 N–H and O–H groups in total. The Hall–Kier alpha value is -1.03. The fourth-order valence-corrected chi connectivity index (χ4v) is 2.93. The molecule has 1 aliphatic rings. The topological polar surface area (TPSA) is 46.5 Å². The van der Waals surface area contributed by atoms with Gasteiger partial charge in [0, 0.05) is 10.0 Å². The Kier molecular flexibility index (Phi) is 2.94. The molecule has 2 rings (SSSR count). The van der Waals surface area contributed by atoms with Crippen LogP contribution in [-0.4, -0.2) is 18.2 Å². The lowest BCUT2D eigenvalue weighted by molar-refractivity contribution is -0.140. The van der Waals surface area contributed by atoms with Crippen molar-refractivity contribution in [2.24, 2.45) is 0 Å². The van der Waals surface area contributed by atoms with Crippen LogP contribution in [0.15, 0.2) is 10.5 Å². The number of rotatable bonds is 3. The molecule has 0 bridgehead atoms. The molecule has 4 heteroatoms. The third kappa shape index (κ3) is 1.75. The zero-order valence-corrected chi connectivity index (χ0v) is 11.7. The lowest BCUT2D eigenvalue weighted by Crippen LogP contribution is -2.22. The predicted molar refractivity (Wildman–Crippen MR) is 68.7 cm³/mol. The van der Waals surface area contributed by atoms with Gasteiger partial charge in [-0.1, -0.05) is 15.9 Å². The van der Waals surface area contributed by atoms with Crippen LogP contribution in [0, 0.1) is 13.8 Å². The van der Waals surface area contributed by atoms with Gasteiger partial charge in [-0.3, -0.25) is 4.79 Å². The van der Waals surface area contributed by atoms with Crippen LogP contribution in [-0.2, 0) is 10.2 Å². The number of aryl methyl sites for hydroxylation is 1. The van der Waals surface area contributed by atoms with Crippen LogP contribution in [0.2, 0.25) is 0 Å². The maximum Gasteiger partial charge on any atom is 0.314 e. The van der Waals surface area contributed by atoms with Gasteiger partial charge in [0.1, 0.15) is 5.75 Å². The van der Waals surface area contributed by atoms with Gasteiger partial charge in [-0.25, -0.2) is 0 Å². The smallest absolute Gasteiger partial charge is 0.314 e. The third-order valence-corrected chi connectivity index (χ3v) is 4.33. The highest BCUT2D eigenvalue weighted by Gasteiger charge is 2.54. The molecule has 0 aliphatic heterocycles. The molecule has 0 radical (unpaired) electrons. The van der Waals surface area contributed by atoms with Crippen molar-refractivity contribution in [2.75, 3.05) is 7.11 Å². The van der Waals surface area contributed by atoms with E-state index in [2.05, 4.69) is 15.9 Å². The van der Waals surface area contributed by atoms with Crippen molar-refractivity contribution in [1.29, 1.82) is 0 Å². The maximum atomic E-state index is 11.5. The number of carboxylic acid groups (broad SMARTS) is 1. The number of carboxylic acids is 1. The van der Waals surface area contributed by atoms with E-state index < -0.39 is 11.4 Å². The van der Waals surface area contributed by atoms with Gasteiger partial charge in [-0.2, -0.15) is 0 Å². The molecule has 3 nitrogen and oxygen atoms in total.